The maximum atomic E-state index is 14.3. The van der Waals surface area contributed by atoms with Gasteiger partial charge in [-0.25, -0.2) is 0 Å². The molecule has 3 aromatic rings. The SMILES string of the molecule is COc1ccc(N(C(=O)C2COc3ccccc3O2)C(C(=O)NC2CCCCC2)c2cn(C)nc2C)cc1. The number of rotatable bonds is 7. The maximum Gasteiger partial charge on any atom is 0.272 e. The fraction of sp³-hybridized carbons (Fsp3) is 0.414. The van der Waals surface area contributed by atoms with Gasteiger partial charge in [0.1, 0.15) is 18.4 Å². The lowest BCUT2D eigenvalue weighted by Gasteiger charge is -2.36. The lowest BCUT2D eigenvalue weighted by atomic mass is 9.94. The number of nitrogens with zero attached hydrogens (tertiary/aromatic N) is 3. The molecule has 2 unspecified atom stereocenters. The predicted octanol–water partition coefficient (Wildman–Crippen LogP) is 4.10. The molecular weight excluding hydrogens is 484 g/mol. The molecule has 2 aromatic carbocycles. The molecule has 2 heterocycles. The fourth-order valence-electron chi connectivity index (χ4n) is 5.25. The molecule has 2 amide bonds. The molecule has 1 saturated carbocycles. The number of hydrogen-bond acceptors (Lipinski definition) is 6. The number of nitrogens with one attached hydrogen (secondary N) is 1. The molecule has 0 bridgehead atoms. The van der Waals surface area contributed by atoms with Crippen molar-refractivity contribution in [2.45, 2.75) is 57.2 Å². The summed E-state index contributed by atoms with van der Waals surface area (Å²) >= 11 is 0. The van der Waals surface area contributed by atoms with Crippen LogP contribution >= 0.6 is 0 Å². The number of hydrogen-bond donors (Lipinski definition) is 1. The second-order valence-electron chi connectivity index (χ2n) is 9.86. The van der Waals surface area contributed by atoms with E-state index in [1.807, 2.05) is 19.1 Å². The molecule has 1 aromatic heterocycles. The van der Waals surface area contributed by atoms with Gasteiger partial charge in [0.15, 0.2) is 11.5 Å². The van der Waals surface area contributed by atoms with Gasteiger partial charge in [-0.15, -0.1) is 0 Å². The van der Waals surface area contributed by atoms with Crippen LogP contribution in [-0.2, 0) is 16.6 Å². The number of para-hydroxylation sites is 2. The van der Waals surface area contributed by atoms with Gasteiger partial charge < -0.3 is 19.5 Å². The summed E-state index contributed by atoms with van der Waals surface area (Å²) < 4.78 is 19.0. The number of carbonyl (C=O) groups is 2. The molecule has 0 saturated heterocycles. The Kier molecular flexibility index (Phi) is 7.53. The number of anilines is 1. The quantitative estimate of drug-likeness (QED) is 0.506. The van der Waals surface area contributed by atoms with Crippen LogP contribution in [0, 0.1) is 6.92 Å². The van der Waals surface area contributed by atoms with E-state index in [-0.39, 0.29) is 24.5 Å². The highest BCUT2D eigenvalue weighted by molar-refractivity contribution is 6.03. The highest BCUT2D eigenvalue weighted by Gasteiger charge is 2.41. The first-order valence-electron chi connectivity index (χ1n) is 13.1. The number of fused-ring (bicyclic) bond motifs is 1. The van der Waals surface area contributed by atoms with Crippen molar-refractivity contribution in [3.63, 3.8) is 0 Å². The Morgan fingerprint density at radius 1 is 1.08 bits per heavy atom. The van der Waals surface area contributed by atoms with Crippen LogP contribution in [0.25, 0.3) is 0 Å². The van der Waals surface area contributed by atoms with Crippen molar-refractivity contribution in [2.75, 3.05) is 18.6 Å². The highest BCUT2D eigenvalue weighted by Crippen LogP contribution is 2.35. The summed E-state index contributed by atoms with van der Waals surface area (Å²) in [6, 6.07) is 13.5. The van der Waals surface area contributed by atoms with E-state index in [1.165, 1.54) is 11.3 Å². The van der Waals surface area contributed by atoms with Crippen LogP contribution in [0.1, 0.15) is 49.4 Å². The van der Waals surface area contributed by atoms with Gasteiger partial charge >= 0.3 is 0 Å². The zero-order valence-electron chi connectivity index (χ0n) is 22.1. The minimum absolute atomic E-state index is 0.0332. The van der Waals surface area contributed by atoms with Crippen molar-refractivity contribution >= 4 is 17.5 Å². The van der Waals surface area contributed by atoms with Crippen molar-refractivity contribution in [1.82, 2.24) is 15.1 Å². The Labute approximate surface area is 222 Å². The number of ether oxygens (including phenoxy) is 3. The summed E-state index contributed by atoms with van der Waals surface area (Å²) in [5.74, 6) is 1.11. The monoisotopic (exact) mass is 518 g/mol. The minimum atomic E-state index is -0.952. The Morgan fingerprint density at radius 3 is 2.45 bits per heavy atom. The summed E-state index contributed by atoms with van der Waals surface area (Å²) in [5, 5.41) is 7.72. The summed E-state index contributed by atoms with van der Waals surface area (Å²) in [7, 11) is 3.39. The number of methoxy groups -OCH3 is 1. The van der Waals surface area contributed by atoms with Crippen LogP contribution in [0.5, 0.6) is 17.2 Å². The van der Waals surface area contributed by atoms with Crippen molar-refractivity contribution in [2.24, 2.45) is 7.05 Å². The van der Waals surface area contributed by atoms with Gasteiger partial charge in [0, 0.05) is 30.5 Å². The van der Waals surface area contributed by atoms with E-state index < -0.39 is 12.1 Å². The van der Waals surface area contributed by atoms with Gasteiger partial charge in [-0.2, -0.15) is 5.10 Å². The Morgan fingerprint density at radius 2 is 1.79 bits per heavy atom. The Balaban J connectivity index is 1.56. The molecule has 1 N–H and O–H groups in total. The smallest absolute Gasteiger partial charge is 0.272 e. The summed E-state index contributed by atoms with van der Waals surface area (Å²) in [5.41, 5.74) is 1.88. The lowest BCUT2D eigenvalue weighted by molar-refractivity contribution is -0.132. The molecule has 1 aliphatic carbocycles. The zero-order valence-corrected chi connectivity index (χ0v) is 22.1. The van der Waals surface area contributed by atoms with Crippen LogP contribution in [0.3, 0.4) is 0 Å². The van der Waals surface area contributed by atoms with Crippen molar-refractivity contribution in [3.8, 4) is 17.2 Å². The number of carbonyl (C=O) groups excluding carboxylic acids is 2. The molecule has 0 spiro atoms. The second kappa shape index (κ2) is 11.2. The van der Waals surface area contributed by atoms with Gasteiger partial charge in [-0.3, -0.25) is 19.2 Å². The van der Waals surface area contributed by atoms with Crippen LogP contribution in [0.15, 0.2) is 54.7 Å². The highest BCUT2D eigenvalue weighted by atomic mass is 16.6. The number of amides is 2. The first-order valence-corrected chi connectivity index (χ1v) is 13.1. The zero-order chi connectivity index (χ0) is 26.6. The Bertz CT molecular complexity index is 1280. The van der Waals surface area contributed by atoms with Gasteiger partial charge in [-0.05, 0) is 56.2 Å². The predicted molar refractivity (Wildman–Crippen MR) is 143 cm³/mol. The second-order valence-corrected chi connectivity index (χ2v) is 9.86. The van der Waals surface area contributed by atoms with E-state index in [0.29, 0.717) is 34.2 Å². The summed E-state index contributed by atoms with van der Waals surface area (Å²) in [6.07, 6.45) is 6.06. The Hall–Kier alpha value is -4.01. The molecule has 9 heteroatoms. The largest absolute Gasteiger partial charge is 0.497 e. The van der Waals surface area contributed by atoms with E-state index in [2.05, 4.69) is 10.4 Å². The molecule has 1 fully saturated rings. The average molecular weight is 519 g/mol. The average Bonchev–Trinajstić information content (AvgIpc) is 3.28. The molecule has 38 heavy (non-hydrogen) atoms. The first-order chi connectivity index (χ1) is 18.4. The lowest BCUT2D eigenvalue weighted by Crippen LogP contribution is -2.52. The van der Waals surface area contributed by atoms with E-state index >= 15 is 0 Å². The molecule has 5 rings (SSSR count). The van der Waals surface area contributed by atoms with Gasteiger partial charge in [0.2, 0.25) is 12.0 Å². The third kappa shape index (κ3) is 5.32. The molecule has 2 aliphatic rings. The maximum absolute atomic E-state index is 14.3. The minimum Gasteiger partial charge on any atom is -0.497 e. The molecule has 0 radical (unpaired) electrons. The van der Waals surface area contributed by atoms with Crippen LogP contribution < -0.4 is 24.4 Å². The van der Waals surface area contributed by atoms with Gasteiger partial charge in [0.05, 0.1) is 12.8 Å². The third-order valence-electron chi connectivity index (χ3n) is 7.18. The number of aryl methyl sites for hydroxylation is 2. The topological polar surface area (TPSA) is 94.9 Å². The normalized spacial score (nSPS) is 17.9. The van der Waals surface area contributed by atoms with E-state index in [0.717, 1.165) is 25.7 Å². The van der Waals surface area contributed by atoms with E-state index in [4.69, 9.17) is 14.2 Å². The standard InChI is InChI=1S/C29H34N4O5/c1-19-23(17-32(2)31-19)27(28(34)30-20-9-5-4-6-10-20)33(21-13-15-22(36-3)16-14-21)29(35)26-18-37-24-11-7-8-12-25(24)38-26/h7-8,11-17,20,26-27H,4-6,9-10,18H2,1-3H3,(H,30,34). The van der Waals surface area contributed by atoms with Gasteiger partial charge in [-0.1, -0.05) is 31.4 Å². The van der Waals surface area contributed by atoms with E-state index in [9.17, 15) is 9.59 Å². The number of benzene rings is 2. The number of aromatic nitrogens is 2. The summed E-state index contributed by atoms with van der Waals surface area (Å²) in [6.45, 7) is 1.88. The molecule has 200 valence electrons. The molecule has 9 nitrogen and oxygen atoms in total. The van der Waals surface area contributed by atoms with Crippen molar-refractivity contribution < 1.29 is 23.8 Å². The third-order valence-corrected chi connectivity index (χ3v) is 7.18. The summed E-state index contributed by atoms with van der Waals surface area (Å²) in [4.78, 5) is 29.9. The van der Waals surface area contributed by atoms with Crippen LogP contribution in [0.2, 0.25) is 0 Å². The molecule has 1 aliphatic heterocycles. The van der Waals surface area contributed by atoms with E-state index in [1.54, 1.807) is 61.4 Å². The van der Waals surface area contributed by atoms with Crippen LogP contribution in [-0.4, -0.2) is 47.5 Å². The molecular formula is C29H34N4O5. The van der Waals surface area contributed by atoms with Crippen LogP contribution in [0.4, 0.5) is 5.69 Å². The molecule has 2 atom stereocenters. The first kappa shape index (κ1) is 25.6. The van der Waals surface area contributed by atoms with Crippen molar-refractivity contribution in [3.05, 3.63) is 66.0 Å². The van der Waals surface area contributed by atoms with Crippen molar-refractivity contribution in [1.29, 1.82) is 0 Å². The van der Waals surface area contributed by atoms with Gasteiger partial charge in [0.25, 0.3) is 5.91 Å². The fourth-order valence-corrected chi connectivity index (χ4v) is 5.25.